The van der Waals surface area contributed by atoms with Gasteiger partial charge in [0.1, 0.15) is 17.0 Å². The van der Waals surface area contributed by atoms with E-state index in [1.54, 1.807) is 18.2 Å². The van der Waals surface area contributed by atoms with Crippen LogP contribution in [-0.2, 0) is 24.7 Å². The molecule has 0 atom stereocenters. The van der Waals surface area contributed by atoms with E-state index < -0.39 is 31.5 Å². The van der Waals surface area contributed by atoms with Gasteiger partial charge in [-0.15, -0.1) is 16.2 Å². The van der Waals surface area contributed by atoms with Gasteiger partial charge in [-0.25, -0.2) is 8.42 Å². The lowest BCUT2D eigenvalue weighted by atomic mass is 10.3. The maximum absolute atomic E-state index is 12.5. The first-order valence-corrected chi connectivity index (χ1v) is 11.9. The van der Waals surface area contributed by atoms with Crippen LogP contribution in [0.15, 0.2) is 61.5 Å². The Kier molecular flexibility index (Phi) is 5.27. The van der Waals surface area contributed by atoms with Crippen molar-refractivity contribution >= 4 is 55.2 Å². The van der Waals surface area contributed by atoms with Crippen LogP contribution < -0.4 is 10.6 Å². The molecule has 0 saturated carbocycles. The summed E-state index contributed by atoms with van der Waals surface area (Å²) < 4.78 is 52.3. The average molecular weight is 426 g/mol. The highest BCUT2D eigenvalue weighted by Gasteiger charge is 2.26. The molecule has 0 radical (unpaired) electrons. The summed E-state index contributed by atoms with van der Waals surface area (Å²) >= 11 is 1.49. The van der Waals surface area contributed by atoms with Gasteiger partial charge in [0.2, 0.25) is 5.91 Å². The zero-order valence-electron chi connectivity index (χ0n) is 14.0. The second-order valence-electron chi connectivity index (χ2n) is 5.55. The predicted octanol–water partition coefficient (Wildman–Crippen LogP) is 1.96. The number of rotatable bonds is 5. The molecule has 0 bridgehead atoms. The van der Waals surface area contributed by atoms with E-state index in [0.29, 0.717) is 5.69 Å². The molecule has 142 valence electrons. The summed E-state index contributed by atoms with van der Waals surface area (Å²) in [7, 11) is -8.01. The highest BCUT2D eigenvalue weighted by molar-refractivity contribution is 7.98. The van der Waals surface area contributed by atoms with Crippen molar-refractivity contribution in [1.29, 1.82) is 0 Å². The van der Waals surface area contributed by atoms with E-state index in [2.05, 4.69) is 15.0 Å². The molecule has 2 aromatic rings. The number of hydrogen-bond acceptors (Lipinski definition) is 7. The van der Waals surface area contributed by atoms with Gasteiger partial charge >= 0.3 is 0 Å². The number of anilines is 2. The first-order chi connectivity index (χ1) is 12.7. The summed E-state index contributed by atoms with van der Waals surface area (Å²) in [6, 6.07) is 10.6. The Morgan fingerprint density at radius 1 is 1.22 bits per heavy atom. The number of carbonyl (C=O) groups is 1. The van der Waals surface area contributed by atoms with Crippen LogP contribution >= 0.6 is 11.8 Å². The fourth-order valence-corrected chi connectivity index (χ4v) is 5.08. The Morgan fingerprint density at radius 3 is 2.74 bits per heavy atom. The first-order valence-electron chi connectivity index (χ1n) is 7.57. The smallest absolute Gasteiger partial charge is 0.285 e. The fourth-order valence-electron chi connectivity index (χ4n) is 2.40. The molecule has 11 heteroatoms. The number of hydrogen-bond donors (Lipinski definition) is 2. The minimum Gasteiger partial charge on any atom is -0.345 e. The molecule has 0 spiro atoms. The molecule has 0 aliphatic carbocycles. The average Bonchev–Trinajstić information content (AvgIpc) is 2.61. The van der Waals surface area contributed by atoms with Crippen molar-refractivity contribution in [2.75, 3.05) is 22.6 Å². The Morgan fingerprint density at radius 2 is 2.00 bits per heavy atom. The number of sulfone groups is 1. The van der Waals surface area contributed by atoms with Gasteiger partial charge in [-0.3, -0.25) is 4.79 Å². The van der Waals surface area contributed by atoms with Gasteiger partial charge in [0, 0.05) is 10.6 Å². The van der Waals surface area contributed by atoms with Gasteiger partial charge in [0.05, 0.1) is 10.6 Å². The molecule has 0 saturated heterocycles. The second kappa shape index (κ2) is 7.33. The van der Waals surface area contributed by atoms with E-state index in [9.17, 15) is 21.6 Å². The molecule has 0 fully saturated rings. The van der Waals surface area contributed by atoms with Crippen LogP contribution in [0.3, 0.4) is 0 Å². The van der Waals surface area contributed by atoms with Crippen molar-refractivity contribution in [1.82, 2.24) is 0 Å². The molecule has 27 heavy (non-hydrogen) atoms. The molecule has 0 unspecified atom stereocenters. The monoisotopic (exact) mass is 425 g/mol. The van der Waals surface area contributed by atoms with Crippen molar-refractivity contribution in [3.8, 4) is 0 Å². The van der Waals surface area contributed by atoms with E-state index in [-0.39, 0.29) is 15.5 Å². The lowest BCUT2D eigenvalue weighted by molar-refractivity contribution is -0.113. The second-order valence-corrected chi connectivity index (χ2v) is 10.0. The number of nitrogens with one attached hydrogen (secondary N) is 2. The number of fused-ring (bicyclic) bond motifs is 1. The molecule has 1 heterocycles. The van der Waals surface area contributed by atoms with Gasteiger partial charge in [0.15, 0.2) is 9.84 Å². The first kappa shape index (κ1) is 19.4. The van der Waals surface area contributed by atoms with Crippen LogP contribution in [0.5, 0.6) is 0 Å². The van der Waals surface area contributed by atoms with Crippen molar-refractivity contribution < 1.29 is 21.6 Å². The summed E-state index contributed by atoms with van der Waals surface area (Å²) in [5, 5.41) is 5.17. The summed E-state index contributed by atoms with van der Waals surface area (Å²) in [4.78, 5) is 12.6. The van der Waals surface area contributed by atoms with E-state index in [4.69, 9.17) is 0 Å². The van der Waals surface area contributed by atoms with Gasteiger partial charge in [-0.05, 0) is 42.7 Å². The van der Waals surface area contributed by atoms with Gasteiger partial charge in [-0.1, -0.05) is 6.07 Å². The molecule has 8 nitrogen and oxygen atoms in total. The highest BCUT2D eigenvalue weighted by atomic mass is 32.2. The number of benzene rings is 2. The van der Waals surface area contributed by atoms with E-state index in [1.807, 2.05) is 12.3 Å². The van der Waals surface area contributed by atoms with Crippen molar-refractivity contribution in [2.24, 2.45) is 4.40 Å². The normalized spacial score (nSPS) is 14.9. The van der Waals surface area contributed by atoms with E-state index in [1.165, 1.54) is 23.9 Å². The summed E-state index contributed by atoms with van der Waals surface area (Å²) in [5.41, 5.74) is 0.705. The molecular weight excluding hydrogens is 410 g/mol. The van der Waals surface area contributed by atoms with Crippen LogP contribution in [0.1, 0.15) is 0 Å². The Hall–Kier alpha value is -2.37. The van der Waals surface area contributed by atoms with Crippen molar-refractivity contribution in [2.45, 2.75) is 14.7 Å². The standard InChI is InChI=1S/C16H15N3O5S3/c1-25-12-4-2-3-11(7-12)19-16(20)9-26(21,22)13-5-6-14-15(8-13)27(23,24)18-10-17-14/h2-8,10H,9H2,1H3,(H,17,18)(H,19,20). The van der Waals surface area contributed by atoms with Gasteiger partial charge in [0.25, 0.3) is 10.0 Å². The quantitative estimate of drug-likeness (QED) is 0.702. The van der Waals surface area contributed by atoms with Crippen LogP contribution in [0, 0.1) is 0 Å². The summed E-state index contributed by atoms with van der Waals surface area (Å²) in [6.45, 7) is 0. The maximum Gasteiger partial charge on any atom is 0.285 e. The molecule has 1 aliphatic heterocycles. The van der Waals surface area contributed by atoms with Gasteiger partial charge < -0.3 is 10.6 Å². The SMILES string of the molecule is CSc1cccc(NC(=O)CS(=O)(=O)c2ccc3c(c2)S(=O)(=O)N=CN3)c1. The lowest BCUT2D eigenvalue weighted by Gasteiger charge is -2.13. The van der Waals surface area contributed by atoms with Crippen LogP contribution in [0.25, 0.3) is 0 Å². The Bertz CT molecular complexity index is 1140. The minimum atomic E-state index is -4.04. The highest BCUT2D eigenvalue weighted by Crippen LogP contribution is 2.29. The van der Waals surface area contributed by atoms with E-state index >= 15 is 0 Å². The lowest BCUT2D eigenvalue weighted by Crippen LogP contribution is -2.23. The molecule has 1 aliphatic rings. The molecule has 3 rings (SSSR count). The third kappa shape index (κ3) is 4.31. The topological polar surface area (TPSA) is 122 Å². The largest absolute Gasteiger partial charge is 0.345 e. The number of nitrogens with zero attached hydrogens (tertiary/aromatic N) is 1. The number of sulfonamides is 1. The third-order valence-electron chi connectivity index (χ3n) is 3.68. The maximum atomic E-state index is 12.5. The summed E-state index contributed by atoms with van der Waals surface area (Å²) in [5.74, 6) is -1.53. The fraction of sp³-hybridized carbons (Fsp3) is 0.125. The zero-order chi connectivity index (χ0) is 19.7. The molecular formula is C16H15N3O5S3. The molecule has 2 aromatic carbocycles. The van der Waals surface area contributed by atoms with Crippen LogP contribution in [0.2, 0.25) is 0 Å². The summed E-state index contributed by atoms with van der Waals surface area (Å²) in [6.07, 6.45) is 2.90. The number of thioether (sulfide) groups is 1. The molecule has 0 aromatic heterocycles. The minimum absolute atomic E-state index is 0.224. The van der Waals surface area contributed by atoms with Crippen LogP contribution in [-0.4, -0.2) is 41.1 Å². The van der Waals surface area contributed by atoms with Gasteiger partial charge in [-0.2, -0.15) is 8.42 Å². The van der Waals surface area contributed by atoms with Crippen LogP contribution in [0.4, 0.5) is 11.4 Å². The van der Waals surface area contributed by atoms with Crippen molar-refractivity contribution in [3.63, 3.8) is 0 Å². The Labute approximate surface area is 161 Å². The molecule has 2 N–H and O–H groups in total. The Balaban J connectivity index is 1.82. The van der Waals surface area contributed by atoms with Crippen molar-refractivity contribution in [3.05, 3.63) is 42.5 Å². The third-order valence-corrected chi connectivity index (χ3v) is 7.29. The molecule has 1 amide bonds. The number of amides is 1. The number of carbonyl (C=O) groups excluding carboxylic acids is 1. The van der Waals surface area contributed by atoms with E-state index in [0.717, 1.165) is 17.3 Å². The predicted molar refractivity (Wildman–Crippen MR) is 105 cm³/mol. The zero-order valence-corrected chi connectivity index (χ0v) is 16.5.